The van der Waals surface area contributed by atoms with Gasteiger partial charge in [0.1, 0.15) is 0 Å². The van der Waals surface area contributed by atoms with E-state index in [9.17, 15) is 4.79 Å². The van der Waals surface area contributed by atoms with Crippen molar-refractivity contribution in [2.75, 3.05) is 6.54 Å². The second-order valence-corrected chi connectivity index (χ2v) is 3.99. The van der Waals surface area contributed by atoms with Crippen LogP contribution in [0.15, 0.2) is 0 Å². The van der Waals surface area contributed by atoms with Gasteiger partial charge in [0.15, 0.2) is 0 Å². The molecule has 0 rings (SSSR count). The van der Waals surface area contributed by atoms with Crippen LogP contribution in [0.2, 0.25) is 0 Å². The zero-order valence-electron chi connectivity index (χ0n) is 11.2. The quantitative estimate of drug-likeness (QED) is 0.644. The van der Waals surface area contributed by atoms with Gasteiger partial charge in [-0.2, -0.15) is 0 Å². The molecular weight excluding hydrogens is 186 g/mol. The molecular formula is C13H29NO. The molecule has 1 amide bonds. The van der Waals surface area contributed by atoms with Gasteiger partial charge in [0.05, 0.1) is 0 Å². The fourth-order valence-corrected chi connectivity index (χ4v) is 1.22. The number of hydrogen-bond acceptors (Lipinski definition) is 1. The van der Waals surface area contributed by atoms with Crippen LogP contribution in [0.25, 0.3) is 0 Å². The van der Waals surface area contributed by atoms with Gasteiger partial charge in [-0.25, -0.2) is 0 Å². The third kappa shape index (κ3) is 16.2. The molecule has 0 aromatic rings. The largest absolute Gasteiger partial charge is 0.356 e. The molecule has 0 aliphatic rings. The van der Waals surface area contributed by atoms with E-state index in [2.05, 4.69) is 19.2 Å². The summed E-state index contributed by atoms with van der Waals surface area (Å²) in [6.45, 7) is 11.3. The molecule has 0 aliphatic carbocycles. The first-order chi connectivity index (χ1) is 7.16. The zero-order chi connectivity index (χ0) is 12.1. The second-order valence-electron chi connectivity index (χ2n) is 3.99. The normalized spacial score (nSPS) is 9.47. The Labute approximate surface area is 95.8 Å². The molecule has 0 atom stereocenters. The molecule has 0 aliphatic heterocycles. The molecule has 0 fully saturated rings. The summed E-state index contributed by atoms with van der Waals surface area (Å²) < 4.78 is 0. The van der Waals surface area contributed by atoms with Crippen molar-refractivity contribution >= 4 is 5.91 Å². The van der Waals surface area contributed by atoms with Crippen LogP contribution in [0.3, 0.4) is 0 Å². The van der Waals surface area contributed by atoms with E-state index in [1.807, 2.05) is 20.8 Å². The van der Waals surface area contributed by atoms with E-state index in [0.717, 1.165) is 25.3 Å². The van der Waals surface area contributed by atoms with E-state index in [1.54, 1.807) is 0 Å². The van der Waals surface area contributed by atoms with Gasteiger partial charge in [-0.15, -0.1) is 0 Å². The Hall–Kier alpha value is -0.530. The number of hydrogen-bond donors (Lipinski definition) is 1. The molecule has 0 aromatic heterocycles. The Kier molecular flexibility index (Phi) is 15.2. The van der Waals surface area contributed by atoms with Crippen molar-refractivity contribution in [2.24, 2.45) is 5.92 Å². The summed E-state index contributed by atoms with van der Waals surface area (Å²) in [6, 6.07) is 0. The summed E-state index contributed by atoms with van der Waals surface area (Å²) >= 11 is 0. The number of rotatable bonds is 7. The molecule has 0 aromatic carbocycles. The van der Waals surface area contributed by atoms with Gasteiger partial charge in [-0.3, -0.25) is 4.79 Å². The maximum absolute atomic E-state index is 11.0. The fraction of sp³-hybridized carbons (Fsp3) is 0.923. The minimum atomic E-state index is 0.201. The van der Waals surface area contributed by atoms with Crippen LogP contribution in [0.1, 0.15) is 66.7 Å². The monoisotopic (exact) mass is 215 g/mol. The first-order valence-electron chi connectivity index (χ1n) is 6.43. The van der Waals surface area contributed by atoms with E-state index in [1.165, 1.54) is 12.8 Å². The Balaban J connectivity index is 0. The highest BCUT2D eigenvalue weighted by atomic mass is 16.1. The first kappa shape index (κ1) is 16.9. The van der Waals surface area contributed by atoms with E-state index in [4.69, 9.17) is 0 Å². The maximum atomic E-state index is 11.0. The lowest BCUT2D eigenvalue weighted by Crippen LogP contribution is -2.23. The van der Waals surface area contributed by atoms with E-state index >= 15 is 0 Å². The first-order valence-corrected chi connectivity index (χ1v) is 6.43. The van der Waals surface area contributed by atoms with Crippen LogP contribution in [-0.2, 0) is 4.79 Å². The Morgan fingerprint density at radius 2 is 1.80 bits per heavy atom. The Morgan fingerprint density at radius 3 is 2.27 bits per heavy atom. The highest BCUT2D eigenvalue weighted by Crippen LogP contribution is 2.05. The third-order valence-electron chi connectivity index (χ3n) is 2.01. The maximum Gasteiger partial charge on any atom is 0.219 e. The Bertz CT molecular complexity index is 132. The summed E-state index contributed by atoms with van der Waals surface area (Å²) in [7, 11) is 0. The predicted octanol–water partition coefficient (Wildman–Crippen LogP) is 3.76. The van der Waals surface area contributed by atoms with Gasteiger partial charge < -0.3 is 5.32 Å². The lowest BCUT2D eigenvalue weighted by atomic mass is 10.1. The van der Waals surface area contributed by atoms with Crippen molar-refractivity contribution in [1.29, 1.82) is 0 Å². The SMILES string of the molecule is CC.CCCC(=O)NCCCCC(C)C. The fourth-order valence-electron chi connectivity index (χ4n) is 1.22. The molecule has 0 saturated carbocycles. The van der Waals surface area contributed by atoms with Gasteiger partial charge in [0.2, 0.25) is 5.91 Å². The van der Waals surface area contributed by atoms with E-state index in [0.29, 0.717) is 6.42 Å². The summed E-state index contributed by atoms with van der Waals surface area (Å²) in [5.41, 5.74) is 0. The van der Waals surface area contributed by atoms with Gasteiger partial charge >= 0.3 is 0 Å². The molecule has 0 unspecified atom stereocenters. The standard InChI is InChI=1S/C11H23NO.C2H6/c1-4-7-11(13)12-9-6-5-8-10(2)3;1-2/h10H,4-9H2,1-3H3,(H,12,13);1-2H3. The van der Waals surface area contributed by atoms with Crippen LogP contribution in [-0.4, -0.2) is 12.5 Å². The van der Waals surface area contributed by atoms with E-state index in [-0.39, 0.29) is 5.91 Å². The average Bonchev–Trinajstić information content (AvgIpc) is 2.20. The van der Waals surface area contributed by atoms with Crippen LogP contribution in [0, 0.1) is 5.92 Å². The van der Waals surface area contributed by atoms with Crippen molar-refractivity contribution < 1.29 is 4.79 Å². The number of unbranched alkanes of at least 4 members (excludes halogenated alkanes) is 1. The molecule has 2 nitrogen and oxygen atoms in total. The van der Waals surface area contributed by atoms with Crippen LogP contribution in [0.4, 0.5) is 0 Å². The van der Waals surface area contributed by atoms with Gasteiger partial charge in [-0.05, 0) is 18.8 Å². The van der Waals surface area contributed by atoms with Crippen LogP contribution >= 0.6 is 0 Å². The third-order valence-corrected chi connectivity index (χ3v) is 2.01. The topological polar surface area (TPSA) is 29.1 Å². The summed E-state index contributed by atoms with van der Waals surface area (Å²) in [6.07, 6.45) is 5.23. The molecule has 92 valence electrons. The zero-order valence-corrected chi connectivity index (χ0v) is 11.2. The molecule has 0 spiro atoms. The summed E-state index contributed by atoms with van der Waals surface area (Å²) in [5.74, 6) is 0.985. The Morgan fingerprint density at radius 1 is 1.20 bits per heavy atom. The number of nitrogens with one attached hydrogen (secondary N) is 1. The van der Waals surface area contributed by atoms with Gasteiger partial charge in [0, 0.05) is 13.0 Å². The lowest BCUT2D eigenvalue weighted by Gasteiger charge is -2.05. The number of carbonyl (C=O) groups excluding carboxylic acids is 1. The molecule has 0 saturated heterocycles. The summed E-state index contributed by atoms with van der Waals surface area (Å²) in [4.78, 5) is 11.0. The number of amides is 1. The highest BCUT2D eigenvalue weighted by Gasteiger charge is 1.98. The molecule has 2 heteroatoms. The van der Waals surface area contributed by atoms with Crippen molar-refractivity contribution in [1.82, 2.24) is 5.32 Å². The van der Waals surface area contributed by atoms with Crippen LogP contribution < -0.4 is 5.32 Å². The van der Waals surface area contributed by atoms with Gasteiger partial charge in [-0.1, -0.05) is 47.5 Å². The molecule has 15 heavy (non-hydrogen) atoms. The lowest BCUT2D eigenvalue weighted by molar-refractivity contribution is -0.121. The van der Waals surface area contributed by atoms with Crippen molar-refractivity contribution in [2.45, 2.75) is 66.7 Å². The number of carbonyl (C=O) groups is 1. The van der Waals surface area contributed by atoms with E-state index < -0.39 is 0 Å². The van der Waals surface area contributed by atoms with Gasteiger partial charge in [0.25, 0.3) is 0 Å². The minimum absolute atomic E-state index is 0.201. The predicted molar refractivity (Wildman–Crippen MR) is 68.0 cm³/mol. The van der Waals surface area contributed by atoms with Crippen molar-refractivity contribution in [3.8, 4) is 0 Å². The molecule has 0 bridgehead atoms. The second kappa shape index (κ2) is 13.5. The smallest absolute Gasteiger partial charge is 0.219 e. The van der Waals surface area contributed by atoms with Crippen molar-refractivity contribution in [3.05, 3.63) is 0 Å². The highest BCUT2D eigenvalue weighted by molar-refractivity contribution is 5.75. The molecule has 0 radical (unpaired) electrons. The average molecular weight is 215 g/mol. The van der Waals surface area contributed by atoms with Crippen molar-refractivity contribution in [3.63, 3.8) is 0 Å². The summed E-state index contributed by atoms with van der Waals surface area (Å²) in [5, 5.41) is 2.92. The van der Waals surface area contributed by atoms with Crippen LogP contribution in [0.5, 0.6) is 0 Å². The molecule has 1 N–H and O–H groups in total. The minimum Gasteiger partial charge on any atom is -0.356 e. The molecule has 0 heterocycles.